The predicted octanol–water partition coefficient (Wildman–Crippen LogP) is 3.07. The van der Waals surface area contributed by atoms with Crippen molar-refractivity contribution < 1.29 is 82.6 Å². The van der Waals surface area contributed by atoms with Gasteiger partial charge in [-0.15, -0.1) is 0 Å². The minimum Gasteiger partial charge on any atom is -0.400 e. The molecule has 0 aromatic carbocycles. The van der Waals surface area contributed by atoms with E-state index in [1.54, 1.807) is 47.1 Å². The summed E-state index contributed by atoms with van der Waals surface area (Å²) in [6, 6.07) is 3.57. The maximum atomic E-state index is 12.1. The molecule has 13 atom stereocenters. The van der Waals surface area contributed by atoms with Crippen molar-refractivity contribution in [1.29, 1.82) is 12.0 Å². The first-order chi connectivity index (χ1) is 43.4. The second kappa shape index (κ2) is 47.4. The molecule has 3 aromatic heterocycles. The highest BCUT2D eigenvalue weighted by Gasteiger charge is 2.46. The standard InChI is InChI=1S/C14H23N3O5.C14H22N2O6.C13H20N2O6.C6H8ClN2O3P.C3H5NO.CH4O.CH4.Cl3OP/c1-8-7-17(14(19)16-12(8)18)13-11(21-5-4-20-3)9(2)10(6-15)22-13;1-8-6-16(14(19)15-12(8)18)13-11(21-5-4-20-3)9(2)10(7-17)22-13;1-7-6-15(13(18)14-11(7)17)12-10(20-5-4-19-3)9(16)8(2)21-12;1-9-4-6-12-13(7,10)11-5-2-3-8;4-2-1-3-5;1-2;;1-5(2,3)4/h7,9-11,13H,4-6,15H2,1-3H3,(H,16,18,19);6,9-11,13,17H,4-5,7H2,1-3H3,(H,15,18,19);6,8-10,12,16H,4-5H2,1-3H3,(H,14,17,18);2,4-6H2;5H,1,3H2;2H,1H3;1H4;/t2*9-,10-,11-,13-;8-,9-,10-,12-;;;;;/m111...../s1/i;;2D;;;2T;;. The van der Waals surface area contributed by atoms with E-state index in [0.717, 1.165) is 0 Å². The van der Waals surface area contributed by atoms with E-state index < -0.39 is 95.1 Å². The van der Waals surface area contributed by atoms with Crippen molar-refractivity contribution in [3.8, 4) is 12.1 Å². The van der Waals surface area contributed by atoms with Crippen LogP contribution in [-0.2, 0) is 60.8 Å². The fourth-order valence-electron chi connectivity index (χ4n) is 7.83. The summed E-state index contributed by atoms with van der Waals surface area (Å²) in [7, 11) is 5.97. The molecule has 0 aliphatic carbocycles. The average Bonchev–Trinajstić information content (AvgIpc) is 1.70. The van der Waals surface area contributed by atoms with Crippen LogP contribution >= 0.6 is 57.1 Å². The van der Waals surface area contributed by atoms with Gasteiger partial charge in [0.15, 0.2) is 18.7 Å². The van der Waals surface area contributed by atoms with E-state index in [1.165, 1.54) is 46.5 Å². The molecule has 33 nitrogen and oxygen atoms in total. The molecular formula is C52H86Cl4N10O23P2. The number of nitriles is 2. The second-order valence-electron chi connectivity index (χ2n) is 18.7. The van der Waals surface area contributed by atoms with Gasteiger partial charge in [-0.25, -0.2) is 25.5 Å². The largest absolute Gasteiger partial charge is 0.424 e. The molecule has 0 radical (unpaired) electrons. The zero-order chi connectivity index (χ0) is 70.3. The van der Waals surface area contributed by atoms with Gasteiger partial charge in [0, 0.05) is 94.7 Å². The number of aliphatic hydroxyl groups excluding tert-OH is 4. The first-order valence-electron chi connectivity index (χ1n) is 28.0. The molecule has 3 fully saturated rings. The van der Waals surface area contributed by atoms with E-state index in [4.69, 9.17) is 84.6 Å². The normalized spacial score (nSPS) is 23.7. The second-order valence-corrected chi connectivity index (χ2v) is 27.9. The number of rotatable bonds is 24. The molecule has 39 heteroatoms. The minimum atomic E-state index is -3.57. The van der Waals surface area contributed by atoms with Gasteiger partial charge in [-0.3, -0.25) is 56.6 Å². The van der Waals surface area contributed by atoms with Gasteiger partial charge in [0.25, 0.3) is 16.7 Å². The first kappa shape index (κ1) is 84.5. The zero-order valence-corrected chi connectivity index (χ0v) is 55.8. The Morgan fingerprint density at radius 3 is 1.38 bits per heavy atom. The third-order valence-electron chi connectivity index (χ3n) is 12.3. The molecule has 0 spiro atoms. The summed E-state index contributed by atoms with van der Waals surface area (Å²) in [5.74, 6) is -0.0861. The quantitative estimate of drug-likeness (QED) is 0.0363. The lowest BCUT2D eigenvalue weighted by molar-refractivity contribution is -0.0794. The monoisotopic (exact) mass is 1420 g/mol. The summed E-state index contributed by atoms with van der Waals surface area (Å²) >= 11 is 19.2. The van der Waals surface area contributed by atoms with Crippen LogP contribution in [0, 0.1) is 61.8 Å². The summed E-state index contributed by atoms with van der Waals surface area (Å²) in [6.45, 7) is 13.6. The van der Waals surface area contributed by atoms with Crippen LogP contribution in [0.25, 0.3) is 4.85 Å². The molecule has 9 N–H and O–H groups in total. The van der Waals surface area contributed by atoms with Crippen LogP contribution in [0.15, 0.2) is 47.4 Å². The fraction of sp³-hybridized carbons (Fsp3) is 0.712. The number of aromatic nitrogens is 6. The van der Waals surface area contributed by atoms with Crippen molar-refractivity contribution in [2.75, 3.05) is 108 Å². The van der Waals surface area contributed by atoms with E-state index in [2.05, 4.69) is 67.7 Å². The number of aliphatic hydroxyl groups is 4. The van der Waals surface area contributed by atoms with Crippen molar-refractivity contribution in [2.45, 2.75) is 123 Å². The Kier molecular flexibility index (Phi) is 44.0. The number of ether oxygens (including phenoxy) is 9. The molecule has 6 heterocycles. The van der Waals surface area contributed by atoms with E-state index in [-0.39, 0.29) is 90.8 Å². The number of methoxy groups -OCH3 is 3. The molecule has 3 aliphatic rings. The summed E-state index contributed by atoms with van der Waals surface area (Å²) in [5, 5.41) is 43.5. The number of nitrogens with one attached hydrogen (secondary N) is 3. The summed E-state index contributed by atoms with van der Waals surface area (Å²) in [5.41, 5.74) is 3.85. The van der Waals surface area contributed by atoms with Crippen LogP contribution < -0.4 is 39.5 Å². The van der Waals surface area contributed by atoms with Crippen molar-refractivity contribution in [2.24, 2.45) is 17.6 Å². The van der Waals surface area contributed by atoms with Gasteiger partial charge >= 0.3 is 29.2 Å². The van der Waals surface area contributed by atoms with Gasteiger partial charge in [-0.2, -0.15) is 10.5 Å². The molecule has 6 rings (SSSR count). The summed E-state index contributed by atoms with van der Waals surface area (Å²) in [6.07, 6.45) is -1.63. The Hall–Kier alpha value is -4.51. The van der Waals surface area contributed by atoms with Crippen LogP contribution in [0.2, 0.25) is 0 Å². The topological polar surface area (TPSA) is 459 Å². The van der Waals surface area contributed by atoms with Gasteiger partial charge < -0.3 is 73.6 Å². The smallest absolute Gasteiger partial charge is 0.400 e. The third-order valence-corrected chi connectivity index (χ3v) is 13.9. The van der Waals surface area contributed by atoms with Gasteiger partial charge in [-0.05, 0) is 61.4 Å². The Morgan fingerprint density at radius 1 is 0.692 bits per heavy atom. The minimum absolute atomic E-state index is 0. The number of hydrogen-bond acceptors (Lipinski definition) is 26. The fourth-order valence-corrected chi connectivity index (χ4v) is 8.93. The molecule has 0 amide bonds. The lowest BCUT2D eigenvalue weighted by Crippen LogP contribution is -2.40. The number of H-pyrrole nitrogens is 3. The van der Waals surface area contributed by atoms with Gasteiger partial charge in [-0.1, -0.05) is 21.3 Å². The van der Waals surface area contributed by atoms with E-state index in [9.17, 15) is 48.1 Å². The predicted molar refractivity (Wildman–Crippen MR) is 335 cm³/mol. The summed E-state index contributed by atoms with van der Waals surface area (Å²) in [4.78, 5) is 80.2. The third kappa shape index (κ3) is 32.0. The molecule has 520 valence electrons. The van der Waals surface area contributed by atoms with Crippen LogP contribution in [0.3, 0.4) is 0 Å². The van der Waals surface area contributed by atoms with Crippen molar-refractivity contribution in [3.63, 3.8) is 0 Å². The Balaban J connectivity index is 0. The molecule has 1 unspecified atom stereocenters. The molecular weight excluding hydrogens is 1340 g/mol. The van der Waals surface area contributed by atoms with Crippen molar-refractivity contribution in [3.05, 3.63) is 109 Å². The maximum Gasteiger partial charge on any atom is 0.424 e. The van der Waals surface area contributed by atoms with Crippen LogP contribution in [0.1, 0.15) is 77.8 Å². The number of halogens is 4. The lowest BCUT2D eigenvalue weighted by atomic mass is 10.0. The van der Waals surface area contributed by atoms with Gasteiger partial charge in [0.2, 0.25) is 7.98 Å². The Labute approximate surface area is 547 Å². The highest BCUT2D eigenvalue weighted by molar-refractivity contribution is 8.24. The molecule has 0 bridgehead atoms. The van der Waals surface area contributed by atoms with Gasteiger partial charge in [0.05, 0.1) is 103 Å². The van der Waals surface area contributed by atoms with Gasteiger partial charge in [0.1, 0.15) is 31.0 Å². The van der Waals surface area contributed by atoms with Crippen molar-refractivity contribution >= 4 is 57.1 Å². The molecule has 0 saturated carbocycles. The van der Waals surface area contributed by atoms with Crippen LogP contribution in [-0.4, -0.2) is 201 Å². The molecule has 3 aliphatic heterocycles. The zero-order valence-electron chi connectivity index (χ0n) is 52.9. The number of hydrogen-bond donors (Lipinski definition) is 8. The molecule has 3 aromatic rings. The number of nitrogens with two attached hydrogens (primary N) is 1. The summed E-state index contributed by atoms with van der Waals surface area (Å²) < 4.78 is 95.9. The van der Waals surface area contributed by atoms with Crippen LogP contribution in [0.4, 0.5) is 0 Å². The SMILES string of the molecule is C.COCCO[C@@H]1[C@H](C)[C@@H](CN)O[C@H]1n1cc(C)c(=O)[nH]c1=O.COCCO[C@@H]1[C@H](C)[C@@H](CO)O[C@H]1n1cc(C)c(=O)[nH]c1=O.N#CCCO.O=P(Cl)(Cl)Cl.[2H]C[C@H]1O[C@@H](n2cc(C)c(=O)[nH]c2=O)[C@H](OCCOC)[C@@H]1O.[3H]OC.[C-]#[N+]CCOP(=O)(Cl)OCCC#N. The van der Waals surface area contributed by atoms with Crippen molar-refractivity contribution in [1.82, 2.24) is 28.7 Å². The Bertz CT molecular complexity index is 2930. The lowest BCUT2D eigenvalue weighted by Gasteiger charge is -2.23. The highest BCUT2D eigenvalue weighted by atomic mass is 36.0. The van der Waals surface area contributed by atoms with E-state index in [1.807, 2.05) is 13.8 Å². The Morgan fingerprint density at radius 2 is 1.05 bits per heavy atom. The molecule has 91 heavy (non-hydrogen) atoms. The number of nitrogens with zero attached hydrogens (tertiary/aromatic N) is 6. The highest BCUT2D eigenvalue weighted by Crippen LogP contribution is 2.61. The average molecular weight is 1430 g/mol. The van der Waals surface area contributed by atoms with E-state index in [0.29, 0.717) is 56.3 Å². The molecule has 3 saturated heterocycles. The first-order valence-corrected chi connectivity index (χ1v) is 33.8. The number of aromatic amines is 3. The van der Waals surface area contributed by atoms with E-state index >= 15 is 0 Å². The van der Waals surface area contributed by atoms with Crippen LogP contribution in [0.5, 0.6) is 0 Å². The maximum absolute atomic E-state index is 12.1. The number of aryl methyl sites for hydroxylation is 3.